The van der Waals surface area contributed by atoms with E-state index in [0.29, 0.717) is 5.56 Å². The number of aromatic nitrogens is 2. The Labute approximate surface area is 150 Å². The number of hydrogen-bond acceptors (Lipinski definition) is 5. The third-order valence-electron chi connectivity index (χ3n) is 4.48. The molecule has 4 rings (SSSR count). The maximum atomic E-state index is 13.0. The zero-order chi connectivity index (χ0) is 18.6. The number of nitrogens with zero attached hydrogens (tertiary/aromatic N) is 2. The summed E-state index contributed by atoms with van der Waals surface area (Å²) in [6.07, 6.45) is 0. The molecule has 3 aromatic rings. The molecular formula is C19H14N2O4S. The van der Waals surface area contributed by atoms with E-state index in [2.05, 4.69) is 5.10 Å². The van der Waals surface area contributed by atoms with Gasteiger partial charge in [0.25, 0.3) is 10.0 Å². The largest absolute Gasteiger partial charge is 0.285 e. The van der Waals surface area contributed by atoms with E-state index in [0.717, 1.165) is 9.65 Å². The van der Waals surface area contributed by atoms with E-state index >= 15 is 0 Å². The fourth-order valence-electron chi connectivity index (χ4n) is 3.11. The lowest BCUT2D eigenvalue weighted by Crippen LogP contribution is -2.21. The summed E-state index contributed by atoms with van der Waals surface area (Å²) in [5, 5.41) is 4.20. The third-order valence-corrected chi connectivity index (χ3v) is 6.16. The van der Waals surface area contributed by atoms with Crippen molar-refractivity contribution in [1.82, 2.24) is 9.19 Å². The summed E-state index contributed by atoms with van der Waals surface area (Å²) in [7, 11) is -3.98. The Balaban J connectivity index is 1.99. The van der Waals surface area contributed by atoms with Crippen LogP contribution in [0.5, 0.6) is 0 Å². The van der Waals surface area contributed by atoms with Gasteiger partial charge in [0.05, 0.1) is 16.2 Å². The summed E-state index contributed by atoms with van der Waals surface area (Å²) < 4.78 is 26.8. The molecule has 1 heterocycles. The van der Waals surface area contributed by atoms with Gasteiger partial charge in [0.2, 0.25) is 11.6 Å². The lowest BCUT2D eigenvalue weighted by molar-refractivity contribution is 0.0815. The second-order valence-corrected chi connectivity index (χ2v) is 7.94. The van der Waals surface area contributed by atoms with Crippen LogP contribution in [0.15, 0.2) is 53.4 Å². The highest BCUT2D eigenvalue weighted by Gasteiger charge is 2.37. The van der Waals surface area contributed by atoms with E-state index in [9.17, 15) is 18.0 Å². The van der Waals surface area contributed by atoms with E-state index in [4.69, 9.17) is 0 Å². The van der Waals surface area contributed by atoms with Gasteiger partial charge in [0.1, 0.15) is 5.69 Å². The first kappa shape index (κ1) is 16.4. The molecule has 0 atom stereocenters. The Morgan fingerprint density at radius 3 is 2.12 bits per heavy atom. The molecule has 26 heavy (non-hydrogen) atoms. The number of ketones is 2. The van der Waals surface area contributed by atoms with Crippen molar-refractivity contribution >= 4 is 21.6 Å². The molecule has 6 nitrogen and oxygen atoms in total. The Morgan fingerprint density at radius 2 is 1.46 bits per heavy atom. The lowest BCUT2D eigenvalue weighted by atomic mass is 9.87. The van der Waals surface area contributed by atoms with Crippen molar-refractivity contribution in [3.8, 4) is 11.3 Å². The molecule has 1 aliphatic rings. The maximum absolute atomic E-state index is 13.0. The summed E-state index contributed by atoms with van der Waals surface area (Å²) in [4.78, 5) is 25.0. The highest BCUT2D eigenvalue weighted by Crippen LogP contribution is 2.35. The molecule has 0 amide bonds. The summed E-state index contributed by atoms with van der Waals surface area (Å²) in [5.41, 5.74) is 2.03. The van der Waals surface area contributed by atoms with Crippen molar-refractivity contribution in [3.63, 3.8) is 0 Å². The number of hydrogen-bond donors (Lipinski definition) is 0. The second kappa shape index (κ2) is 5.47. The van der Waals surface area contributed by atoms with Crippen molar-refractivity contribution in [2.75, 3.05) is 0 Å². The number of fused-ring (bicyclic) bond motifs is 3. The van der Waals surface area contributed by atoms with E-state index in [-0.39, 0.29) is 27.4 Å². The van der Waals surface area contributed by atoms with Gasteiger partial charge in [-0.25, -0.2) is 0 Å². The number of rotatable bonds is 2. The molecule has 1 aromatic heterocycles. The van der Waals surface area contributed by atoms with E-state index < -0.39 is 21.6 Å². The van der Waals surface area contributed by atoms with Crippen LogP contribution in [0, 0.1) is 13.8 Å². The van der Waals surface area contributed by atoms with E-state index in [1.807, 2.05) is 6.92 Å². The van der Waals surface area contributed by atoms with Gasteiger partial charge in [-0.3, -0.25) is 9.59 Å². The van der Waals surface area contributed by atoms with Crippen LogP contribution in [-0.2, 0) is 10.0 Å². The fraction of sp³-hybridized carbons (Fsp3) is 0.105. The Morgan fingerprint density at radius 1 is 0.846 bits per heavy atom. The quantitative estimate of drug-likeness (QED) is 0.651. The third kappa shape index (κ3) is 2.17. The fourth-order valence-corrected chi connectivity index (χ4v) is 4.43. The monoisotopic (exact) mass is 366 g/mol. The molecule has 0 fully saturated rings. The van der Waals surface area contributed by atoms with Gasteiger partial charge in [0, 0.05) is 11.1 Å². The van der Waals surface area contributed by atoms with Crippen LogP contribution in [0.4, 0.5) is 0 Å². The van der Waals surface area contributed by atoms with Gasteiger partial charge >= 0.3 is 0 Å². The first-order valence-electron chi connectivity index (χ1n) is 7.92. The van der Waals surface area contributed by atoms with Crippen molar-refractivity contribution < 1.29 is 18.0 Å². The molecular weight excluding hydrogens is 352 g/mol. The predicted octanol–water partition coefficient (Wildman–Crippen LogP) is 2.78. The van der Waals surface area contributed by atoms with Crippen LogP contribution in [0.3, 0.4) is 0 Å². The van der Waals surface area contributed by atoms with Gasteiger partial charge in [0.15, 0.2) is 0 Å². The number of Topliss-reactive ketones (excluding diaryl/α,β-unsaturated/α-hetero) is 2. The minimum Gasteiger partial charge on any atom is -0.285 e. The normalized spacial score (nSPS) is 13.5. The number of carbonyl (C=O) groups excluding carboxylic acids is 2. The topological polar surface area (TPSA) is 86.1 Å². The molecule has 0 radical (unpaired) electrons. The summed E-state index contributed by atoms with van der Waals surface area (Å²) >= 11 is 0. The van der Waals surface area contributed by atoms with Crippen molar-refractivity contribution in [1.29, 1.82) is 0 Å². The summed E-state index contributed by atoms with van der Waals surface area (Å²) in [6, 6.07) is 12.9. The molecule has 0 saturated carbocycles. The molecule has 7 heteroatoms. The summed E-state index contributed by atoms with van der Waals surface area (Å²) in [5.74, 6) is -1.38. The average Bonchev–Trinajstić information content (AvgIpc) is 2.98. The zero-order valence-electron chi connectivity index (χ0n) is 14.1. The van der Waals surface area contributed by atoms with Crippen LogP contribution in [0.2, 0.25) is 0 Å². The van der Waals surface area contributed by atoms with Gasteiger partial charge < -0.3 is 0 Å². The van der Waals surface area contributed by atoms with Crippen LogP contribution in [-0.4, -0.2) is 29.2 Å². The number of carbonyl (C=O) groups is 2. The second-order valence-electron chi connectivity index (χ2n) is 6.17. The van der Waals surface area contributed by atoms with E-state index in [1.165, 1.54) is 19.1 Å². The maximum Gasteiger partial charge on any atom is 0.283 e. The minimum absolute atomic E-state index is 0.0457. The Bertz CT molecular complexity index is 1190. The molecule has 2 aromatic carbocycles. The van der Waals surface area contributed by atoms with Crippen LogP contribution >= 0.6 is 0 Å². The van der Waals surface area contributed by atoms with Gasteiger partial charge in [-0.2, -0.15) is 17.6 Å². The SMILES string of the molecule is Cc1ccc(S(=O)(=O)n2nc3c(c2C)C(=O)C(=O)c2ccccc2-3)cc1. The Kier molecular flexibility index (Phi) is 3.45. The number of aryl methyl sites for hydroxylation is 1. The predicted molar refractivity (Wildman–Crippen MR) is 94.8 cm³/mol. The molecule has 1 aliphatic carbocycles. The van der Waals surface area contributed by atoms with Gasteiger partial charge in [-0.05, 0) is 26.0 Å². The summed E-state index contributed by atoms with van der Waals surface area (Å²) in [6.45, 7) is 3.34. The van der Waals surface area contributed by atoms with E-state index in [1.54, 1.807) is 36.4 Å². The first-order valence-corrected chi connectivity index (χ1v) is 9.36. The average molecular weight is 366 g/mol. The van der Waals surface area contributed by atoms with Crippen LogP contribution in [0.1, 0.15) is 32.0 Å². The molecule has 0 aliphatic heterocycles. The smallest absolute Gasteiger partial charge is 0.283 e. The van der Waals surface area contributed by atoms with Crippen LogP contribution < -0.4 is 0 Å². The van der Waals surface area contributed by atoms with Crippen molar-refractivity contribution in [2.45, 2.75) is 18.7 Å². The lowest BCUT2D eigenvalue weighted by Gasteiger charge is -2.12. The van der Waals surface area contributed by atoms with Crippen molar-refractivity contribution in [2.24, 2.45) is 0 Å². The molecule has 0 bridgehead atoms. The van der Waals surface area contributed by atoms with Crippen LogP contribution in [0.25, 0.3) is 11.3 Å². The standard InChI is InChI=1S/C19H14N2O4S/c1-11-7-9-13(10-8-11)26(24,25)21-12(2)16-17(20-21)14-5-3-4-6-15(14)18(22)19(16)23/h3-10H,1-2H3. The number of benzene rings is 2. The molecule has 0 unspecified atom stereocenters. The highest BCUT2D eigenvalue weighted by molar-refractivity contribution is 7.89. The Hall–Kier alpha value is -3.06. The van der Waals surface area contributed by atoms with Crippen molar-refractivity contribution in [3.05, 3.63) is 70.9 Å². The highest BCUT2D eigenvalue weighted by atomic mass is 32.2. The van der Waals surface area contributed by atoms with Gasteiger partial charge in [-0.15, -0.1) is 0 Å². The molecule has 0 N–H and O–H groups in total. The van der Waals surface area contributed by atoms with Gasteiger partial charge in [-0.1, -0.05) is 42.0 Å². The first-order chi connectivity index (χ1) is 12.3. The molecule has 0 saturated heterocycles. The molecule has 0 spiro atoms. The minimum atomic E-state index is -3.98. The zero-order valence-corrected chi connectivity index (χ0v) is 14.9. The molecule has 130 valence electrons.